The van der Waals surface area contributed by atoms with E-state index in [2.05, 4.69) is 41.6 Å². The topological polar surface area (TPSA) is 56.7 Å². The first-order chi connectivity index (χ1) is 12.2. The number of amides is 1. The molecule has 0 radical (unpaired) electrons. The van der Waals surface area contributed by atoms with E-state index in [1.54, 1.807) is 7.05 Å². The van der Waals surface area contributed by atoms with Crippen LogP contribution in [0.3, 0.4) is 0 Å². The summed E-state index contributed by atoms with van der Waals surface area (Å²) >= 11 is 0. The molecule has 138 valence electrons. The van der Waals surface area contributed by atoms with E-state index in [4.69, 9.17) is 0 Å². The minimum absolute atomic E-state index is 0.234. The van der Waals surface area contributed by atoms with E-state index in [9.17, 15) is 4.79 Å². The van der Waals surface area contributed by atoms with Gasteiger partial charge in [0.25, 0.3) is 0 Å². The maximum absolute atomic E-state index is 12.4. The molecule has 0 spiro atoms. The largest absolute Gasteiger partial charge is 0.356 e. The summed E-state index contributed by atoms with van der Waals surface area (Å²) in [4.78, 5) is 18.6. The summed E-state index contributed by atoms with van der Waals surface area (Å²) in [6, 6.07) is 8.30. The number of benzene rings is 1. The van der Waals surface area contributed by atoms with Crippen LogP contribution in [0.1, 0.15) is 50.7 Å². The van der Waals surface area contributed by atoms with Crippen molar-refractivity contribution in [2.24, 2.45) is 10.9 Å². The van der Waals surface area contributed by atoms with Gasteiger partial charge in [0, 0.05) is 39.6 Å². The Morgan fingerprint density at radius 2 is 1.80 bits per heavy atom. The summed E-state index contributed by atoms with van der Waals surface area (Å²) in [5.41, 5.74) is 2.56. The van der Waals surface area contributed by atoms with Gasteiger partial charge in [-0.25, -0.2) is 0 Å². The predicted molar refractivity (Wildman–Crippen MR) is 103 cm³/mol. The average Bonchev–Trinajstić information content (AvgIpc) is 3.08. The van der Waals surface area contributed by atoms with E-state index >= 15 is 0 Å². The third kappa shape index (κ3) is 5.76. The van der Waals surface area contributed by atoms with Crippen molar-refractivity contribution in [1.29, 1.82) is 0 Å². The fourth-order valence-electron chi connectivity index (χ4n) is 3.15. The molecular weight excluding hydrogens is 312 g/mol. The van der Waals surface area contributed by atoms with Crippen LogP contribution >= 0.6 is 0 Å². The average molecular weight is 345 g/mol. The Kier molecular flexibility index (Phi) is 7.76. The molecule has 1 aliphatic rings. The maximum atomic E-state index is 12.4. The quantitative estimate of drug-likeness (QED) is 0.433. The zero-order chi connectivity index (χ0) is 18.1. The van der Waals surface area contributed by atoms with E-state index < -0.39 is 0 Å². The van der Waals surface area contributed by atoms with Gasteiger partial charge in [0.05, 0.1) is 0 Å². The van der Waals surface area contributed by atoms with Crippen LogP contribution in [0.15, 0.2) is 29.3 Å². The SMILES string of the molecule is CCC(CC)CNC(=NC)NCCCC(=O)N1Cc2ccccc2C1. The molecule has 0 fully saturated rings. The van der Waals surface area contributed by atoms with Crippen molar-refractivity contribution in [2.45, 2.75) is 52.6 Å². The zero-order valence-corrected chi connectivity index (χ0v) is 15.8. The van der Waals surface area contributed by atoms with Gasteiger partial charge in [-0.2, -0.15) is 0 Å². The summed E-state index contributed by atoms with van der Waals surface area (Å²) in [7, 11) is 1.79. The highest BCUT2D eigenvalue weighted by Crippen LogP contribution is 2.22. The van der Waals surface area contributed by atoms with Crippen LogP contribution in [-0.2, 0) is 17.9 Å². The smallest absolute Gasteiger partial charge is 0.223 e. The molecule has 5 nitrogen and oxygen atoms in total. The molecule has 0 unspecified atom stereocenters. The van der Waals surface area contributed by atoms with Crippen molar-refractivity contribution in [3.05, 3.63) is 35.4 Å². The standard InChI is InChI=1S/C20H32N4O/c1-4-16(5-2)13-23-20(21-3)22-12-8-11-19(25)24-14-17-9-6-7-10-18(17)15-24/h6-7,9-10,16H,4-5,8,11-15H2,1-3H3,(H2,21,22,23). The molecule has 0 saturated carbocycles. The Labute approximate surface area is 151 Å². The van der Waals surface area contributed by atoms with Crippen molar-refractivity contribution in [3.63, 3.8) is 0 Å². The van der Waals surface area contributed by atoms with Crippen molar-refractivity contribution in [2.75, 3.05) is 20.1 Å². The van der Waals surface area contributed by atoms with Crippen LogP contribution in [0.25, 0.3) is 0 Å². The van der Waals surface area contributed by atoms with Crippen molar-refractivity contribution in [1.82, 2.24) is 15.5 Å². The van der Waals surface area contributed by atoms with Gasteiger partial charge in [-0.15, -0.1) is 0 Å². The zero-order valence-electron chi connectivity index (χ0n) is 15.8. The van der Waals surface area contributed by atoms with Crippen molar-refractivity contribution >= 4 is 11.9 Å². The number of hydrogen-bond acceptors (Lipinski definition) is 2. The predicted octanol–water partition coefficient (Wildman–Crippen LogP) is 2.91. The summed E-state index contributed by atoms with van der Waals surface area (Å²) in [6.45, 7) is 7.64. The molecule has 5 heteroatoms. The highest BCUT2D eigenvalue weighted by atomic mass is 16.2. The Bertz CT molecular complexity index is 556. The Balaban J connectivity index is 1.64. The molecule has 1 heterocycles. The summed E-state index contributed by atoms with van der Waals surface area (Å²) in [6.07, 6.45) is 3.74. The third-order valence-corrected chi connectivity index (χ3v) is 4.99. The minimum atomic E-state index is 0.234. The lowest BCUT2D eigenvalue weighted by Crippen LogP contribution is -2.40. The van der Waals surface area contributed by atoms with Gasteiger partial charge < -0.3 is 15.5 Å². The van der Waals surface area contributed by atoms with Crippen molar-refractivity contribution in [3.8, 4) is 0 Å². The number of hydrogen-bond donors (Lipinski definition) is 2. The molecule has 0 saturated heterocycles. The number of guanidine groups is 1. The van der Waals surface area contributed by atoms with Gasteiger partial charge in [-0.05, 0) is 23.5 Å². The Morgan fingerprint density at radius 1 is 1.16 bits per heavy atom. The van der Waals surface area contributed by atoms with Crippen LogP contribution in [-0.4, -0.2) is 36.9 Å². The highest BCUT2D eigenvalue weighted by molar-refractivity contribution is 5.80. The van der Waals surface area contributed by atoms with Crippen molar-refractivity contribution < 1.29 is 4.79 Å². The van der Waals surface area contributed by atoms with E-state index in [0.717, 1.165) is 38.6 Å². The Hall–Kier alpha value is -2.04. The van der Waals surface area contributed by atoms with Crippen LogP contribution in [0.2, 0.25) is 0 Å². The van der Waals surface area contributed by atoms with E-state index in [-0.39, 0.29) is 5.91 Å². The van der Waals surface area contributed by atoms with E-state index in [0.29, 0.717) is 12.3 Å². The molecule has 1 aliphatic heterocycles. The molecule has 1 aromatic rings. The van der Waals surface area contributed by atoms with E-state index in [1.165, 1.54) is 24.0 Å². The third-order valence-electron chi connectivity index (χ3n) is 4.99. The number of carbonyl (C=O) groups is 1. The maximum Gasteiger partial charge on any atom is 0.223 e. The first kappa shape index (κ1) is 19.3. The van der Waals surface area contributed by atoms with Crippen LogP contribution in [0.5, 0.6) is 0 Å². The van der Waals surface area contributed by atoms with Gasteiger partial charge in [0.2, 0.25) is 5.91 Å². The molecule has 0 bridgehead atoms. The number of rotatable bonds is 8. The second-order valence-corrected chi connectivity index (χ2v) is 6.68. The second kappa shape index (κ2) is 10.1. The first-order valence-electron chi connectivity index (χ1n) is 9.47. The van der Waals surface area contributed by atoms with Gasteiger partial charge in [0.1, 0.15) is 0 Å². The van der Waals surface area contributed by atoms with Crippen LogP contribution < -0.4 is 10.6 Å². The lowest BCUT2D eigenvalue weighted by molar-refractivity contribution is -0.131. The minimum Gasteiger partial charge on any atom is -0.356 e. The molecule has 1 aromatic carbocycles. The van der Waals surface area contributed by atoms with Gasteiger partial charge in [-0.3, -0.25) is 9.79 Å². The fourth-order valence-corrected chi connectivity index (χ4v) is 3.15. The van der Waals surface area contributed by atoms with Crippen LogP contribution in [0.4, 0.5) is 0 Å². The molecule has 0 aromatic heterocycles. The summed E-state index contributed by atoms with van der Waals surface area (Å²) in [5, 5.41) is 6.67. The molecule has 2 rings (SSSR count). The number of fused-ring (bicyclic) bond motifs is 1. The van der Waals surface area contributed by atoms with Gasteiger partial charge in [0.15, 0.2) is 5.96 Å². The normalized spacial score (nSPS) is 13.9. The van der Waals surface area contributed by atoms with Gasteiger partial charge >= 0.3 is 0 Å². The molecule has 1 amide bonds. The lowest BCUT2D eigenvalue weighted by atomic mass is 10.0. The monoisotopic (exact) mass is 344 g/mol. The molecule has 0 atom stereocenters. The second-order valence-electron chi connectivity index (χ2n) is 6.68. The molecular formula is C20H32N4O. The highest BCUT2D eigenvalue weighted by Gasteiger charge is 2.22. The number of aliphatic imine (C=N–C) groups is 1. The molecule has 25 heavy (non-hydrogen) atoms. The summed E-state index contributed by atoms with van der Waals surface area (Å²) < 4.78 is 0. The van der Waals surface area contributed by atoms with Gasteiger partial charge in [-0.1, -0.05) is 51.0 Å². The fraction of sp³-hybridized carbons (Fsp3) is 0.600. The number of carbonyl (C=O) groups excluding carboxylic acids is 1. The lowest BCUT2D eigenvalue weighted by Gasteiger charge is -2.17. The summed E-state index contributed by atoms with van der Waals surface area (Å²) in [5.74, 6) is 1.74. The number of nitrogens with zero attached hydrogens (tertiary/aromatic N) is 2. The Morgan fingerprint density at radius 3 is 2.36 bits per heavy atom. The first-order valence-corrected chi connectivity index (χ1v) is 9.47. The number of nitrogens with one attached hydrogen (secondary N) is 2. The van der Waals surface area contributed by atoms with E-state index in [1.807, 2.05) is 17.0 Å². The molecule has 0 aliphatic carbocycles. The molecule has 2 N–H and O–H groups in total. The van der Waals surface area contributed by atoms with Crippen LogP contribution in [0, 0.1) is 5.92 Å².